The largest absolute Gasteiger partial charge is 0.493 e. The summed E-state index contributed by atoms with van der Waals surface area (Å²) in [7, 11) is 1.59. The number of hydrogen-bond donors (Lipinski definition) is 2. The summed E-state index contributed by atoms with van der Waals surface area (Å²) in [5.74, 6) is 1.36. The van der Waals surface area contributed by atoms with E-state index in [9.17, 15) is 0 Å². The lowest BCUT2D eigenvalue weighted by Crippen LogP contribution is -2.28. The Hall–Kier alpha value is -1.26. The number of aliphatic hydroxyl groups excluding tert-OH is 2. The lowest BCUT2D eigenvalue weighted by atomic mass is 9.89. The Balaban J connectivity index is 2.51. The molecule has 0 saturated carbocycles. The van der Waals surface area contributed by atoms with Gasteiger partial charge in [0.1, 0.15) is 0 Å². The average molecular weight is 240 g/mol. The summed E-state index contributed by atoms with van der Waals surface area (Å²) in [6, 6.07) is 7.40. The van der Waals surface area contributed by atoms with Gasteiger partial charge in [-0.25, -0.2) is 0 Å². The van der Waals surface area contributed by atoms with Crippen molar-refractivity contribution in [2.45, 2.75) is 13.3 Å². The molecule has 0 unspecified atom stereocenters. The molecule has 4 nitrogen and oxygen atoms in total. The number of hydrogen-bond acceptors (Lipinski definition) is 4. The van der Waals surface area contributed by atoms with Gasteiger partial charge in [0.25, 0.3) is 0 Å². The third kappa shape index (κ3) is 3.91. The zero-order valence-electron chi connectivity index (χ0n) is 10.3. The van der Waals surface area contributed by atoms with Crippen LogP contribution in [-0.2, 0) is 0 Å². The van der Waals surface area contributed by atoms with Crippen molar-refractivity contribution in [3.63, 3.8) is 0 Å². The van der Waals surface area contributed by atoms with Crippen LogP contribution in [0.1, 0.15) is 13.3 Å². The van der Waals surface area contributed by atoms with Gasteiger partial charge in [-0.1, -0.05) is 19.1 Å². The van der Waals surface area contributed by atoms with Crippen molar-refractivity contribution < 1.29 is 19.7 Å². The highest BCUT2D eigenvalue weighted by Gasteiger charge is 2.22. The first-order valence-corrected chi connectivity index (χ1v) is 5.63. The van der Waals surface area contributed by atoms with Crippen molar-refractivity contribution in [2.75, 3.05) is 26.9 Å². The molecule has 2 N–H and O–H groups in total. The topological polar surface area (TPSA) is 58.9 Å². The van der Waals surface area contributed by atoms with Gasteiger partial charge >= 0.3 is 0 Å². The molecule has 0 atom stereocenters. The van der Waals surface area contributed by atoms with Crippen LogP contribution in [0.3, 0.4) is 0 Å². The fourth-order valence-electron chi connectivity index (χ4n) is 1.35. The Morgan fingerprint density at radius 2 is 1.71 bits per heavy atom. The van der Waals surface area contributed by atoms with Gasteiger partial charge in [-0.15, -0.1) is 0 Å². The van der Waals surface area contributed by atoms with Crippen LogP contribution >= 0.6 is 0 Å². The van der Waals surface area contributed by atoms with E-state index in [-0.39, 0.29) is 13.2 Å². The maximum absolute atomic E-state index is 9.14. The smallest absolute Gasteiger partial charge is 0.161 e. The summed E-state index contributed by atoms with van der Waals surface area (Å²) in [6.45, 7) is 2.13. The van der Waals surface area contributed by atoms with E-state index in [0.717, 1.165) is 0 Å². The van der Waals surface area contributed by atoms with E-state index in [1.54, 1.807) is 7.11 Å². The van der Waals surface area contributed by atoms with Crippen molar-refractivity contribution in [1.82, 2.24) is 0 Å². The molecule has 0 amide bonds. The number of rotatable bonds is 7. The Bertz CT molecular complexity index is 334. The third-order valence-corrected chi connectivity index (χ3v) is 2.80. The fraction of sp³-hybridized carbons (Fsp3) is 0.538. The molecule has 0 radical (unpaired) electrons. The summed E-state index contributed by atoms with van der Waals surface area (Å²) in [4.78, 5) is 0. The van der Waals surface area contributed by atoms with Gasteiger partial charge in [0.2, 0.25) is 0 Å². The second-order valence-electron chi connectivity index (χ2n) is 4.38. The van der Waals surface area contributed by atoms with E-state index in [0.29, 0.717) is 24.5 Å². The van der Waals surface area contributed by atoms with Crippen molar-refractivity contribution in [3.05, 3.63) is 24.3 Å². The molecule has 1 aromatic rings. The van der Waals surface area contributed by atoms with Crippen LogP contribution in [0.15, 0.2) is 24.3 Å². The molecule has 96 valence electrons. The Labute approximate surface area is 102 Å². The van der Waals surface area contributed by atoms with Gasteiger partial charge in [-0.2, -0.15) is 0 Å². The predicted molar refractivity (Wildman–Crippen MR) is 65.4 cm³/mol. The standard InChI is InChI=1S/C13H20O4/c1-13(9-14,10-15)7-8-17-12-6-4-3-5-11(12)16-2/h3-6,14-15H,7-10H2,1-2H3. The minimum atomic E-state index is -0.498. The molecule has 0 aromatic heterocycles. The zero-order valence-corrected chi connectivity index (χ0v) is 10.3. The highest BCUT2D eigenvalue weighted by Crippen LogP contribution is 2.27. The first-order chi connectivity index (χ1) is 8.15. The molecule has 4 heteroatoms. The first-order valence-electron chi connectivity index (χ1n) is 5.63. The number of benzene rings is 1. The molecular formula is C13H20O4. The van der Waals surface area contributed by atoms with Gasteiger partial charge in [0.05, 0.1) is 26.9 Å². The van der Waals surface area contributed by atoms with Gasteiger partial charge < -0.3 is 19.7 Å². The second kappa shape index (κ2) is 6.47. The Kier molecular flexibility index (Phi) is 5.25. The quantitative estimate of drug-likeness (QED) is 0.757. The number of aliphatic hydroxyl groups is 2. The normalized spacial score (nSPS) is 11.3. The first kappa shape index (κ1) is 13.8. The molecule has 17 heavy (non-hydrogen) atoms. The minimum Gasteiger partial charge on any atom is -0.493 e. The highest BCUT2D eigenvalue weighted by molar-refractivity contribution is 5.39. The monoisotopic (exact) mass is 240 g/mol. The zero-order chi connectivity index (χ0) is 12.7. The summed E-state index contributed by atoms with van der Waals surface area (Å²) in [5.41, 5.74) is -0.498. The van der Waals surface area contributed by atoms with Gasteiger partial charge in [-0.3, -0.25) is 0 Å². The minimum absolute atomic E-state index is 0.0568. The molecule has 0 aliphatic rings. The number of methoxy groups -OCH3 is 1. The summed E-state index contributed by atoms with van der Waals surface area (Å²) in [5, 5.41) is 18.3. The molecule has 0 fully saturated rings. The van der Waals surface area contributed by atoms with E-state index in [2.05, 4.69) is 0 Å². The molecule has 0 aliphatic heterocycles. The molecule has 0 spiro atoms. The lowest BCUT2D eigenvalue weighted by molar-refractivity contribution is 0.0502. The van der Waals surface area contributed by atoms with E-state index in [1.165, 1.54) is 0 Å². The molecule has 1 rings (SSSR count). The van der Waals surface area contributed by atoms with Crippen LogP contribution in [0.25, 0.3) is 0 Å². The Morgan fingerprint density at radius 1 is 1.12 bits per heavy atom. The van der Waals surface area contributed by atoms with Gasteiger partial charge in [0.15, 0.2) is 11.5 Å². The van der Waals surface area contributed by atoms with Gasteiger partial charge in [-0.05, 0) is 18.6 Å². The van der Waals surface area contributed by atoms with E-state index in [1.807, 2.05) is 31.2 Å². The predicted octanol–water partition coefficient (Wildman–Crippen LogP) is 1.45. The van der Waals surface area contributed by atoms with E-state index >= 15 is 0 Å². The average Bonchev–Trinajstić information content (AvgIpc) is 2.39. The summed E-state index contributed by atoms with van der Waals surface area (Å²) >= 11 is 0. The van der Waals surface area contributed by atoms with Crippen LogP contribution in [-0.4, -0.2) is 37.1 Å². The molecule has 0 aliphatic carbocycles. The number of para-hydroxylation sites is 2. The van der Waals surface area contributed by atoms with Crippen LogP contribution in [0.2, 0.25) is 0 Å². The Morgan fingerprint density at radius 3 is 2.24 bits per heavy atom. The van der Waals surface area contributed by atoms with Crippen molar-refractivity contribution in [1.29, 1.82) is 0 Å². The molecule has 0 saturated heterocycles. The fourth-order valence-corrected chi connectivity index (χ4v) is 1.35. The van der Waals surface area contributed by atoms with Crippen molar-refractivity contribution in [2.24, 2.45) is 5.41 Å². The number of ether oxygens (including phenoxy) is 2. The maximum atomic E-state index is 9.14. The van der Waals surface area contributed by atoms with Crippen molar-refractivity contribution in [3.8, 4) is 11.5 Å². The van der Waals surface area contributed by atoms with Crippen LogP contribution < -0.4 is 9.47 Å². The molecule has 0 heterocycles. The van der Waals surface area contributed by atoms with E-state index < -0.39 is 5.41 Å². The van der Waals surface area contributed by atoms with Crippen LogP contribution in [0, 0.1) is 5.41 Å². The molecule has 1 aromatic carbocycles. The SMILES string of the molecule is COc1ccccc1OCCC(C)(CO)CO. The van der Waals surface area contributed by atoms with E-state index in [4.69, 9.17) is 19.7 Å². The lowest BCUT2D eigenvalue weighted by Gasteiger charge is -2.24. The summed E-state index contributed by atoms with van der Waals surface area (Å²) < 4.78 is 10.7. The van der Waals surface area contributed by atoms with Gasteiger partial charge in [0, 0.05) is 5.41 Å². The highest BCUT2D eigenvalue weighted by atomic mass is 16.5. The molecular weight excluding hydrogens is 220 g/mol. The second-order valence-corrected chi connectivity index (χ2v) is 4.38. The van der Waals surface area contributed by atoms with Crippen LogP contribution in [0.5, 0.6) is 11.5 Å². The van der Waals surface area contributed by atoms with Crippen molar-refractivity contribution >= 4 is 0 Å². The molecule has 0 bridgehead atoms. The van der Waals surface area contributed by atoms with Crippen LogP contribution in [0.4, 0.5) is 0 Å². The maximum Gasteiger partial charge on any atom is 0.161 e. The third-order valence-electron chi connectivity index (χ3n) is 2.80. The summed E-state index contributed by atoms with van der Waals surface area (Å²) in [6.07, 6.45) is 0.581.